The standard InChI is InChI=1S/C37H31Cl2N3O6S/c1-21-33(35(43)41-24-8-6-5-7-9-24)34(26-13-12-25(45-2)19-30(26)46-3)42-36(44)32(49-37(42)40-21)18-22-11-15-29(31(17-22)47-4)48-20-23-10-14-27(38)28(39)16-23/h5-19,34H,20H2,1-4H3,(H,41,43)/b32-18-/t34-/m0/s1. The smallest absolute Gasteiger partial charge is 0.271 e. The first kappa shape index (κ1) is 33.9. The van der Waals surface area contributed by atoms with E-state index in [1.54, 1.807) is 86.4 Å². The minimum Gasteiger partial charge on any atom is -0.497 e. The molecule has 2 heterocycles. The highest BCUT2D eigenvalue weighted by molar-refractivity contribution is 7.07. The highest BCUT2D eigenvalue weighted by Gasteiger charge is 2.34. The van der Waals surface area contributed by atoms with Crippen molar-refractivity contribution < 1.29 is 23.7 Å². The molecular formula is C37H31Cl2N3O6S. The van der Waals surface area contributed by atoms with Crippen LogP contribution in [0.2, 0.25) is 10.0 Å². The van der Waals surface area contributed by atoms with Crippen LogP contribution < -0.4 is 39.2 Å². The molecule has 9 nitrogen and oxygen atoms in total. The summed E-state index contributed by atoms with van der Waals surface area (Å²) < 4.78 is 24.8. The number of thiazole rings is 1. The summed E-state index contributed by atoms with van der Waals surface area (Å²) in [7, 11) is 4.64. The van der Waals surface area contributed by atoms with Gasteiger partial charge in [0.25, 0.3) is 11.5 Å². The molecule has 6 rings (SSSR count). The molecule has 0 bridgehead atoms. The molecule has 49 heavy (non-hydrogen) atoms. The van der Waals surface area contributed by atoms with Gasteiger partial charge in [-0.15, -0.1) is 0 Å². The predicted molar refractivity (Wildman–Crippen MR) is 192 cm³/mol. The van der Waals surface area contributed by atoms with Crippen molar-refractivity contribution >= 4 is 52.2 Å². The molecule has 1 aliphatic heterocycles. The molecule has 250 valence electrons. The number of aromatic nitrogens is 1. The Bertz CT molecular complexity index is 2270. The van der Waals surface area contributed by atoms with E-state index in [9.17, 15) is 9.59 Å². The first-order chi connectivity index (χ1) is 23.7. The molecule has 1 N–H and O–H groups in total. The summed E-state index contributed by atoms with van der Waals surface area (Å²) in [5, 5.41) is 3.87. The Labute approximate surface area is 296 Å². The van der Waals surface area contributed by atoms with Gasteiger partial charge in [-0.3, -0.25) is 14.2 Å². The van der Waals surface area contributed by atoms with Gasteiger partial charge >= 0.3 is 0 Å². The molecule has 0 unspecified atom stereocenters. The topological polar surface area (TPSA) is 100 Å². The fourth-order valence-corrected chi connectivity index (χ4v) is 6.87. The van der Waals surface area contributed by atoms with E-state index < -0.39 is 6.04 Å². The van der Waals surface area contributed by atoms with Crippen LogP contribution in [0.15, 0.2) is 106 Å². The van der Waals surface area contributed by atoms with Crippen LogP contribution in [0.25, 0.3) is 6.08 Å². The SMILES string of the molecule is COc1ccc([C@H]2C(C(=O)Nc3ccccc3)=C(C)N=c3s/c(=C\c4ccc(OCc5ccc(Cl)c(Cl)c5)c(OC)c4)c(=O)n32)c(OC)c1. The molecule has 4 aromatic carbocycles. The van der Waals surface area contributed by atoms with E-state index >= 15 is 0 Å². The van der Waals surface area contributed by atoms with Gasteiger partial charge in [0.1, 0.15) is 24.1 Å². The summed E-state index contributed by atoms with van der Waals surface area (Å²) in [5.74, 6) is 1.65. The van der Waals surface area contributed by atoms with Crippen molar-refractivity contribution in [2.75, 3.05) is 26.6 Å². The van der Waals surface area contributed by atoms with Crippen LogP contribution in [-0.2, 0) is 11.4 Å². The van der Waals surface area contributed by atoms with Crippen LogP contribution >= 0.6 is 34.5 Å². The monoisotopic (exact) mass is 715 g/mol. The molecule has 0 fully saturated rings. The molecule has 1 aliphatic rings. The lowest BCUT2D eigenvalue weighted by atomic mass is 9.94. The van der Waals surface area contributed by atoms with Gasteiger partial charge in [0.05, 0.1) is 47.2 Å². The van der Waals surface area contributed by atoms with E-state index in [2.05, 4.69) is 5.32 Å². The number of benzene rings is 4. The fraction of sp³-hybridized carbons (Fsp3) is 0.162. The average molecular weight is 717 g/mol. The minimum absolute atomic E-state index is 0.250. The number of anilines is 1. The Hall–Kier alpha value is -5.03. The van der Waals surface area contributed by atoms with Crippen molar-refractivity contribution in [1.29, 1.82) is 0 Å². The number of halogens is 2. The van der Waals surface area contributed by atoms with Crippen LogP contribution in [0.5, 0.6) is 23.0 Å². The Balaban J connectivity index is 1.41. The molecule has 12 heteroatoms. The number of ether oxygens (including phenoxy) is 4. The van der Waals surface area contributed by atoms with Crippen molar-refractivity contribution in [3.05, 3.63) is 143 Å². The van der Waals surface area contributed by atoms with Crippen LogP contribution in [0, 0.1) is 0 Å². The van der Waals surface area contributed by atoms with E-state index in [0.717, 1.165) is 5.56 Å². The first-order valence-corrected chi connectivity index (χ1v) is 16.6. The van der Waals surface area contributed by atoms with Gasteiger partial charge < -0.3 is 24.3 Å². The largest absolute Gasteiger partial charge is 0.497 e. The summed E-state index contributed by atoms with van der Waals surface area (Å²) in [6.45, 7) is 2.01. The molecule has 5 aromatic rings. The Morgan fingerprint density at radius 2 is 1.67 bits per heavy atom. The second-order valence-corrected chi connectivity index (χ2v) is 12.8. The van der Waals surface area contributed by atoms with Gasteiger partial charge in [-0.05, 0) is 72.7 Å². The number of carbonyl (C=O) groups excluding carboxylic acids is 1. The number of rotatable bonds is 10. The maximum atomic E-state index is 14.3. The van der Waals surface area contributed by atoms with Crippen molar-refractivity contribution in [1.82, 2.24) is 4.57 Å². The van der Waals surface area contributed by atoms with E-state index in [1.165, 1.54) is 18.4 Å². The molecule has 0 saturated carbocycles. The number of hydrogen-bond acceptors (Lipinski definition) is 8. The maximum Gasteiger partial charge on any atom is 0.271 e. The molecule has 0 radical (unpaired) electrons. The summed E-state index contributed by atoms with van der Waals surface area (Å²) in [6.07, 6.45) is 1.76. The maximum absolute atomic E-state index is 14.3. The number of carbonyl (C=O) groups is 1. The van der Waals surface area contributed by atoms with Crippen molar-refractivity contribution in [2.45, 2.75) is 19.6 Å². The number of para-hydroxylation sites is 1. The zero-order valence-corrected chi connectivity index (χ0v) is 29.3. The van der Waals surface area contributed by atoms with E-state index in [4.69, 9.17) is 47.1 Å². The third-order valence-electron chi connectivity index (χ3n) is 7.90. The number of methoxy groups -OCH3 is 3. The number of fused-ring (bicyclic) bond motifs is 1. The Morgan fingerprint density at radius 3 is 2.39 bits per heavy atom. The van der Waals surface area contributed by atoms with Crippen LogP contribution in [0.1, 0.15) is 29.7 Å². The lowest BCUT2D eigenvalue weighted by molar-refractivity contribution is -0.113. The van der Waals surface area contributed by atoms with Crippen LogP contribution in [0.4, 0.5) is 5.69 Å². The molecule has 1 aromatic heterocycles. The second-order valence-electron chi connectivity index (χ2n) is 11.0. The summed E-state index contributed by atoms with van der Waals surface area (Å²) in [5.41, 5.74) is 3.25. The lowest BCUT2D eigenvalue weighted by Gasteiger charge is -2.26. The molecule has 0 spiro atoms. The van der Waals surface area contributed by atoms with Gasteiger partial charge in [-0.2, -0.15) is 0 Å². The van der Waals surface area contributed by atoms with Gasteiger partial charge in [0, 0.05) is 17.3 Å². The average Bonchev–Trinajstić information content (AvgIpc) is 3.41. The van der Waals surface area contributed by atoms with Crippen molar-refractivity contribution in [2.24, 2.45) is 4.99 Å². The van der Waals surface area contributed by atoms with Gasteiger partial charge in [0.2, 0.25) is 0 Å². The molecular weight excluding hydrogens is 685 g/mol. The summed E-state index contributed by atoms with van der Waals surface area (Å²) >= 11 is 13.4. The molecule has 1 atom stereocenters. The highest BCUT2D eigenvalue weighted by atomic mass is 35.5. The Kier molecular flexibility index (Phi) is 10.1. The van der Waals surface area contributed by atoms with E-state index in [-0.39, 0.29) is 18.1 Å². The lowest BCUT2D eigenvalue weighted by Crippen LogP contribution is -2.40. The van der Waals surface area contributed by atoms with E-state index in [0.29, 0.717) is 70.5 Å². The number of nitrogens with one attached hydrogen (secondary N) is 1. The fourth-order valence-electron chi connectivity index (χ4n) is 5.51. The number of hydrogen-bond donors (Lipinski definition) is 1. The third kappa shape index (κ3) is 7.07. The van der Waals surface area contributed by atoms with Crippen molar-refractivity contribution in [3.63, 3.8) is 0 Å². The number of allylic oxidation sites excluding steroid dienone is 1. The van der Waals surface area contributed by atoms with Gasteiger partial charge in [-0.1, -0.05) is 64.9 Å². The molecule has 1 amide bonds. The number of amides is 1. The first-order valence-electron chi connectivity index (χ1n) is 15.1. The minimum atomic E-state index is -0.838. The van der Waals surface area contributed by atoms with Gasteiger partial charge in [0.15, 0.2) is 16.3 Å². The Morgan fingerprint density at radius 1 is 0.898 bits per heavy atom. The van der Waals surface area contributed by atoms with Gasteiger partial charge in [-0.25, -0.2) is 4.99 Å². The van der Waals surface area contributed by atoms with E-state index in [1.807, 2.05) is 30.3 Å². The van der Waals surface area contributed by atoms with Crippen LogP contribution in [-0.4, -0.2) is 31.8 Å². The zero-order chi connectivity index (χ0) is 34.7. The normalized spacial score (nSPS) is 14.2. The predicted octanol–water partition coefficient (Wildman–Crippen LogP) is 6.79. The third-order valence-corrected chi connectivity index (χ3v) is 9.62. The zero-order valence-electron chi connectivity index (χ0n) is 27.0. The number of nitrogens with zero attached hydrogens (tertiary/aromatic N) is 2. The highest BCUT2D eigenvalue weighted by Crippen LogP contribution is 2.38. The summed E-state index contributed by atoms with van der Waals surface area (Å²) in [4.78, 5) is 33.4. The van der Waals surface area contributed by atoms with Crippen molar-refractivity contribution in [3.8, 4) is 23.0 Å². The summed E-state index contributed by atoms with van der Waals surface area (Å²) in [6, 6.07) is 24.3. The molecule has 0 aliphatic carbocycles. The molecule has 0 saturated heterocycles. The second kappa shape index (κ2) is 14.6. The van der Waals surface area contributed by atoms with Crippen LogP contribution in [0.3, 0.4) is 0 Å². The quantitative estimate of drug-likeness (QED) is 0.171.